The van der Waals surface area contributed by atoms with E-state index in [0.29, 0.717) is 12.5 Å². The van der Waals surface area contributed by atoms with Crippen LogP contribution in [0.15, 0.2) is 29.3 Å². The van der Waals surface area contributed by atoms with Gasteiger partial charge in [-0.25, -0.2) is 8.42 Å². The highest BCUT2D eigenvalue weighted by Crippen LogP contribution is 2.29. The molecule has 1 aromatic rings. The van der Waals surface area contributed by atoms with Crippen molar-refractivity contribution in [2.45, 2.75) is 26.2 Å². The first-order valence-electron chi connectivity index (χ1n) is 8.60. The standard InChI is InChI=1S/C17H26N4O2S.HI/c1-14-6-10-20(11-7-14)17(18)19-9-13-24(22,23)21-12-8-15-4-2-3-5-16(15)21;/h2-5,14H,6-13H2,1H3,(H2,18,19);1H. The molecule has 6 nitrogen and oxygen atoms in total. The Balaban J connectivity index is 0.00000225. The van der Waals surface area contributed by atoms with Gasteiger partial charge in [0.1, 0.15) is 0 Å². The third kappa shape index (κ3) is 4.78. The van der Waals surface area contributed by atoms with Gasteiger partial charge in [-0.1, -0.05) is 25.1 Å². The zero-order valence-electron chi connectivity index (χ0n) is 14.6. The molecule has 1 fully saturated rings. The van der Waals surface area contributed by atoms with E-state index in [0.717, 1.165) is 49.5 Å². The van der Waals surface area contributed by atoms with Gasteiger partial charge in [0, 0.05) is 19.6 Å². The van der Waals surface area contributed by atoms with E-state index in [9.17, 15) is 8.42 Å². The van der Waals surface area contributed by atoms with Crippen LogP contribution >= 0.6 is 24.0 Å². The normalized spacial score (nSPS) is 18.8. The smallest absolute Gasteiger partial charge is 0.237 e. The fourth-order valence-corrected chi connectivity index (χ4v) is 4.71. The minimum absolute atomic E-state index is 0. The van der Waals surface area contributed by atoms with Gasteiger partial charge in [-0.15, -0.1) is 24.0 Å². The van der Waals surface area contributed by atoms with E-state index in [1.165, 1.54) is 4.31 Å². The number of nitrogens with two attached hydrogens (primary N) is 1. The molecule has 1 saturated heterocycles. The zero-order valence-corrected chi connectivity index (χ0v) is 17.7. The van der Waals surface area contributed by atoms with Crippen molar-refractivity contribution in [3.63, 3.8) is 0 Å². The number of aliphatic imine (C=N–C) groups is 1. The molecule has 0 atom stereocenters. The topological polar surface area (TPSA) is 79.0 Å². The van der Waals surface area contributed by atoms with Gasteiger partial charge in [-0.05, 0) is 36.8 Å². The summed E-state index contributed by atoms with van der Waals surface area (Å²) in [6.07, 6.45) is 2.99. The first-order valence-corrected chi connectivity index (χ1v) is 10.2. The number of halogens is 1. The van der Waals surface area contributed by atoms with Gasteiger partial charge in [-0.3, -0.25) is 9.30 Å². The average molecular weight is 478 g/mol. The Labute approximate surface area is 167 Å². The van der Waals surface area contributed by atoms with Crippen molar-refractivity contribution in [1.82, 2.24) is 4.90 Å². The molecule has 0 aromatic heterocycles. The quantitative estimate of drug-likeness (QED) is 0.408. The molecule has 2 heterocycles. The van der Waals surface area contributed by atoms with Crippen LogP contribution in [0.1, 0.15) is 25.3 Å². The van der Waals surface area contributed by atoms with Crippen LogP contribution in [0, 0.1) is 5.92 Å². The number of anilines is 1. The summed E-state index contributed by atoms with van der Waals surface area (Å²) in [5.41, 5.74) is 7.92. The molecule has 1 aromatic carbocycles. The van der Waals surface area contributed by atoms with Crippen LogP contribution in [-0.4, -0.2) is 51.2 Å². The summed E-state index contributed by atoms with van der Waals surface area (Å²) >= 11 is 0. The summed E-state index contributed by atoms with van der Waals surface area (Å²) in [6, 6.07) is 7.67. The molecule has 0 unspecified atom stereocenters. The largest absolute Gasteiger partial charge is 0.370 e. The first-order chi connectivity index (χ1) is 11.5. The van der Waals surface area contributed by atoms with Crippen LogP contribution in [0.5, 0.6) is 0 Å². The van der Waals surface area contributed by atoms with Gasteiger partial charge in [-0.2, -0.15) is 0 Å². The first kappa shape index (κ1) is 20.3. The minimum Gasteiger partial charge on any atom is -0.370 e. The Morgan fingerprint density at radius 2 is 1.92 bits per heavy atom. The van der Waals surface area contributed by atoms with Crippen molar-refractivity contribution in [2.75, 3.05) is 36.2 Å². The molecule has 0 aliphatic carbocycles. The Bertz CT molecular complexity index is 715. The molecule has 0 amide bonds. The predicted molar refractivity (Wildman–Crippen MR) is 113 cm³/mol. The second-order valence-electron chi connectivity index (χ2n) is 6.68. The summed E-state index contributed by atoms with van der Waals surface area (Å²) in [6.45, 7) is 4.78. The van der Waals surface area contributed by atoms with Crippen molar-refractivity contribution in [3.8, 4) is 0 Å². The molecule has 8 heteroatoms. The van der Waals surface area contributed by atoms with Gasteiger partial charge in [0.05, 0.1) is 18.0 Å². The second-order valence-corrected chi connectivity index (χ2v) is 8.69. The fraction of sp³-hybridized carbons (Fsp3) is 0.588. The van der Waals surface area contributed by atoms with Gasteiger partial charge in [0.25, 0.3) is 0 Å². The zero-order chi connectivity index (χ0) is 17.2. The van der Waals surface area contributed by atoms with Crippen LogP contribution in [0.2, 0.25) is 0 Å². The molecule has 0 bridgehead atoms. The van der Waals surface area contributed by atoms with E-state index in [-0.39, 0.29) is 36.3 Å². The van der Waals surface area contributed by atoms with Crippen LogP contribution in [0.25, 0.3) is 0 Å². The maximum absolute atomic E-state index is 12.6. The lowest BCUT2D eigenvalue weighted by molar-refractivity contribution is 0.278. The third-order valence-corrected chi connectivity index (χ3v) is 6.66. The van der Waals surface area contributed by atoms with Gasteiger partial charge in [0.15, 0.2) is 5.96 Å². The summed E-state index contributed by atoms with van der Waals surface area (Å²) < 4.78 is 26.7. The molecule has 2 aliphatic rings. The van der Waals surface area contributed by atoms with Crippen LogP contribution < -0.4 is 10.0 Å². The Morgan fingerprint density at radius 3 is 2.64 bits per heavy atom. The Hall–Kier alpha value is -1.03. The molecular weight excluding hydrogens is 451 g/mol. The van der Waals surface area contributed by atoms with E-state index in [4.69, 9.17) is 5.73 Å². The number of sulfonamides is 1. The van der Waals surface area contributed by atoms with E-state index >= 15 is 0 Å². The molecule has 140 valence electrons. The molecule has 0 radical (unpaired) electrons. The number of para-hydroxylation sites is 1. The maximum Gasteiger partial charge on any atom is 0.237 e. The van der Waals surface area contributed by atoms with Crippen molar-refractivity contribution >= 4 is 45.6 Å². The molecule has 3 rings (SSSR count). The summed E-state index contributed by atoms with van der Waals surface area (Å²) in [5, 5.41) is 0. The van der Waals surface area contributed by atoms with Crippen molar-refractivity contribution in [1.29, 1.82) is 0 Å². The number of piperidine rings is 1. The fourth-order valence-electron chi connectivity index (χ4n) is 3.32. The lowest BCUT2D eigenvalue weighted by Gasteiger charge is -2.31. The van der Waals surface area contributed by atoms with E-state index in [1.807, 2.05) is 24.3 Å². The highest BCUT2D eigenvalue weighted by atomic mass is 127. The average Bonchev–Trinajstić information content (AvgIpc) is 3.00. The van der Waals surface area contributed by atoms with Crippen LogP contribution in [-0.2, 0) is 16.4 Å². The van der Waals surface area contributed by atoms with Crippen LogP contribution in [0.4, 0.5) is 5.69 Å². The number of nitrogens with zero attached hydrogens (tertiary/aromatic N) is 3. The molecule has 0 saturated carbocycles. The number of likely N-dealkylation sites (tertiary alicyclic amines) is 1. The van der Waals surface area contributed by atoms with Gasteiger partial charge < -0.3 is 10.6 Å². The van der Waals surface area contributed by atoms with E-state index < -0.39 is 10.0 Å². The number of guanidine groups is 1. The number of rotatable bonds is 4. The molecule has 2 aliphatic heterocycles. The lowest BCUT2D eigenvalue weighted by atomic mass is 10.00. The maximum atomic E-state index is 12.6. The van der Waals surface area contributed by atoms with E-state index in [1.54, 1.807) is 0 Å². The lowest BCUT2D eigenvalue weighted by Crippen LogP contribution is -2.43. The minimum atomic E-state index is -3.36. The van der Waals surface area contributed by atoms with Crippen molar-refractivity contribution in [2.24, 2.45) is 16.6 Å². The SMILES string of the molecule is CC1CCN(C(N)=NCCS(=O)(=O)N2CCc3ccccc32)CC1.I. The molecule has 0 spiro atoms. The number of hydrogen-bond donors (Lipinski definition) is 1. The Morgan fingerprint density at radius 1 is 1.24 bits per heavy atom. The number of fused-ring (bicyclic) bond motifs is 1. The highest BCUT2D eigenvalue weighted by molar-refractivity contribution is 14.0. The van der Waals surface area contributed by atoms with Crippen LogP contribution in [0.3, 0.4) is 0 Å². The second kappa shape index (κ2) is 8.57. The molecule has 2 N–H and O–H groups in total. The van der Waals surface area contributed by atoms with Gasteiger partial charge >= 0.3 is 0 Å². The number of benzene rings is 1. The number of hydrogen-bond acceptors (Lipinski definition) is 3. The monoisotopic (exact) mass is 478 g/mol. The van der Waals surface area contributed by atoms with Crippen molar-refractivity contribution < 1.29 is 8.42 Å². The summed E-state index contributed by atoms with van der Waals surface area (Å²) in [7, 11) is -3.36. The third-order valence-electron chi connectivity index (χ3n) is 4.91. The molecular formula is C17H27IN4O2S. The Kier molecular flexibility index (Phi) is 6.95. The van der Waals surface area contributed by atoms with Gasteiger partial charge in [0.2, 0.25) is 10.0 Å². The summed E-state index contributed by atoms with van der Waals surface area (Å²) in [5.74, 6) is 1.19. The van der Waals surface area contributed by atoms with Crippen molar-refractivity contribution in [3.05, 3.63) is 29.8 Å². The highest BCUT2D eigenvalue weighted by Gasteiger charge is 2.28. The molecule has 25 heavy (non-hydrogen) atoms. The summed E-state index contributed by atoms with van der Waals surface area (Å²) in [4.78, 5) is 6.35. The van der Waals surface area contributed by atoms with E-state index in [2.05, 4.69) is 16.8 Å². The predicted octanol–water partition coefficient (Wildman–Crippen LogP) is 2.04.